The minimum Gasteiger partial charge on any atom is -0.0622 e. The van der Waals surface area contributed by atoms with Crippen LogP contribution >= 0.6 is 0 Å². The van der Waals surface area contributed by atoms with Gasteiger partial charge in [-0.1, -0.05) is 146 Å². The molecule has 0 saturated heterocycles. The van der Waals surface area contributed by atoms with Crippen LogP contribution in [0.3, 0.4) is 0 Å². The number of benzene rings is 7. The summed E-state index contributed by atoms with van der Waals surface area (Å²) >= 11 is 0. The Bertz CT molecular complexity index is 1950. The quantitative estimate of drug-likeness (QED) is 0.214. The molecule has 0 fully saturated rings. The van der Waals surface area contributed by atoms with Crippen molar-refractivity contribution in [3.63, 3.8) is 0 Å². The smallest absolute Gasteiger partial charge is 0.0622 e. The van der Waals surface area contributed by atoms with Gasteiger partial charge in [0, 0.05) is 0 Å². The molecular formula is C39H26. The van der Waals surface area contributed by atoms with Crippen LogP contribution < -0.4 is 0 Å². The summed E-state index contributed by atoms with van der Waals surface area (Å²) in [6.45, 7) is 0. The SMILES string of the molecule is c1ccc(C2(c3ccc(-c4cccc5cc6ccccc6cc45)cc3)c3ccccc3-c3ccccc32)cc1. The second-order valence-corrected chi connectivity index (χ2v) is 10.5. The summed E-state index contributed by atoms with van der Waals surface area (Å²) in [6, 6.07) is 58.1. The average Bonchev–Trinajstić information content (AvgIpc) is 3.31. The third-order valence-corrected chi connectivity index (χ3v) is 8.53. The van der Waals surface area contributed by atoms with Crippen LogP contribution in [-0.2, 0) is 5.41 Å². The lowest BCUT2D eigenvalue weighted by molar-refractivity contribution is 0.768. The molecule has 0 N–H and O–H groups in total. The van der Waals surface area contributed by atoms with Gasteiger partial charge in [0.1, 0.15) is 0 Å². The zero-order valence-corrected chi connectivity index (χ0v) is 21.5. The first-order valence-electron chi connectivity index (χ1n) is 13.6. The lowest BCUT2D eigenvalue weighted by Gasteiger charge is -2.34. The standard InChI is InChI=1S/C39H26/c1-2-14-31(15-3-1)39(37-19-8-6-16-34(37)35-17-7-9-20-38(35)39)32-23-21-27(22-24-32)33-18-10-13-30-25-28-11-4-5-12-29(28)26-36(30)33/h1-26H. The van der Waals surface area contributed by atoms with Crippen molar-refractivity contribution in [2.24, 2.45) is 0 Å². The van der Waals surface area contributed by atoms with Crippen LogP contribution in [0.25, 0.3) is 43.8 Å². The Hall–Kier alpha value is -4.94. The fourth-order valence-electron chi connectivity index (χ4n) is 6.83. The van der Waals surface area contributed by atoms with Crippen molar-refractivity contribution in [3.05, 3.63) is 180 Å². The molecule has 0 aliphatic heterocycles. The number of fused-ring (bicyclic) bond motifs is 5. The number of hydrogen-bond donors (Lipinski definition) is 0. The van der Waals surface area contributed by atoms with Crippen molar-refractivity contribution in [2.45, 2.75) is 5.41 Å². The molecule has 182 valence electrons. The van der Waals surface area contributed by atoms with E-state index < -0.39 is 0 Å². The third kappa shape index (κ3) is 3.19. The van der Waals surface area contributed by atoms with Gasteiger partial charge in [-0.2, -0.15) is 0 Å². The Labute approximate surface area is 228 Å². The fourth-order valence-corrected chi connectivity index (χ4v) is 6.83. The molecule has 0 spiro atoms. The van der Waals surface area contributed by atoms with E-state index in [1.165, 1.54) is 66.1 Å². The summed E-state index contributed by atoms with van der Waals surface area (Å²) in [5.74, 6) is 0. The van der Waals surface area contributed by atoms with Gasteiger partial charge in [0.2, 0.25) is 0 Å². The first-order chi connectivity index (χ1) is 19.3. The molecule has 0 unspecified atom stereocenters. The average molecular weight is 495 g/mol. The van der Waals surface area contributed by atoms with Gasteiger partial charge in [-0.3, -0.25) is 0 Å². The van der Waals surface area contributed by atoms with Crippen LogP contribution in [-0.4, -0.2) is 0 Å². The summed E-state index contributed by atoms with van der Waals surface area (Å²) in [6.07, 6.45) is 0. The molecule has 8 rings (SSSR count). The fraction of sp³-hybridized carbons (Fsp3) is 0.0256. The lowest BCUT2D eigenvalue weighted by atomic mass is 9.67. The predicted octanol–water partition coefficient (Wildman–Crippen LogP) is 10.0. The van der Waals surface area contributed by atoms with Gasteiger partial charge >= 0.3 is 0 Å². The molecule has 0 nitrogen and oxygen atoms in total. The van der Waals surface area contributed by atoms with E-state index in [0.29, 0.717) is 0 Å². The van der Waals surface area contributed by atoms with E-state index in [-0.39, 0.29) is 5.41 Å². The summed E-state index contributed by atoms with van der Waals surface area (Å²) in [4.78, 5) is 0. The summed E-state index contributed by atoms with van der Waals surface area (Å²) in [7, 11) is 0. The molecule has 39 heavy (non-hydrogen) atoms. The maximum absolute atomic E-state index is 2.35. The molecule has 0 heteroatoms. The van der Waals surface area contributed by atoms with Crippen LogP contribution in [0, 0.1) is 0 Å². The Balaban J connectivity index is 1.36. The highest BCUT2D eigenvalue weighted by atomic mass is 14.5. The first-order valence-corrected chi connectivity index (χ1v) is 13.6. The minimum atomic E-state index is -0.359. The molecule has 0 radical (unpaired) electrons. The summed E-state index contributed by atoms with van der Waals surface area (Å²) < 4.78 is 0. The van der Waals surface area contributed by atoms with Crippen LogP contribution in [0.15, 0.2) is 158 Å². The van der Waals surface area contributed by atoms with E-state index in [1.807, 2.05) is 0 Å². The maximum Gasteiger partial charge on any atom is 0.0713 e. The molecule has 7 aromatic carbocycles. The van der Waals surface area contributed by atoms with Crippen molar-refractivity contribution in [3.8, 4) is 22.3 Å². The highest BCUT2D eigenvalue weighted by Crippen LogP contribution is 2.56. The maximum atomic E-state index is 2.35. The number of rotatable bonds is 3. The largest absolute Gasteiger partial charge is 0.0713 e. The first kappa shape index (κ1) is 22.1. The van der Waals surface area contributed by atoms with Gasteiger partial charge in [-0.05, 0) is 78.2 Å². The zero-order chi connectivity index (χ0) is 25.8. The highest BCUT2D eigenvalue weighted by molar-refractivity contribution is 6.05. The van der Waals surface area contributed by atoms with Gasteiger partial charge in [0.25, 0.3) is 0 Å². The van der Waals surface area contributed by atoms with Gasteiger partial charge in [0.15, 0.2) is 0 Å². The van der Waals surface area contributed by atoms with E-state index in [1.54, 1.807) is 0 Å². The van der Waals surface area contributed by atoms with Crippen molar-refractivity contribution < 1.29 is 0 Å². The highest BCUT2D eigenvalue weighted by Gasteiger charge is 2.45. The normalized spacial score (nSPS) is 13.3. The van der Waals surface area contributed by atoms with Crippen molar-refractivity contribution in [2.75, 3.05) is 0 Å². The number of hydrogen-bond acceptors (Lipinski definition) is 0. The van der Waals surface area contributed by atoms with E-state index in [4.69, 9.17) is 0 Å². The Morgan fingerprint density at radius 1 is 0.333 bits per heavy atom. The minimum absolute atomic E-state index is 0.359. The van der Waals surface area contributed by atoms with Crippen LogP contribution in [0.5, 0.6) is 0 Å². The van der Waals surface area contributed by atoms with E-state index >= 15 is 0 Å². The topological polar surface area (TPSA) is 0 Å². The molecule has 0 atom stereocenters. The summed E-state index contributed by atoms with van der Waals surface area (Å²) in [5, 5.41) is 5.12. The molecule has 0 heterocycles. The lowest BCUT2D eigenvalue weighted by Crippen LogP contribution is -2.28. The third-order valence-electron chi connectivity index (χ3n) is 8.53. The van der Waals surface area contributed by atoms with Crippen molar-refractivity contribution >= 4 is 21.5 Å². The molecule has 0 bridgehead atoms. The van der Waals surface area contributed by atoms with E-state index in [2.05, 4.69) is 158 Å². The zero-order valence-electron chi connectivity index (χ0n) is 21.5. The van der Waals surface area contributed by atoms with Crippen molar-refractivity contribution in [1.82, 2.24) is 0 Å². The van der Waals surface area contributed by atoms with Crippen LogP contribution in [0.2, 0.25) is 0 Å². The van der Waals surface area contributed by atoms with Crippen LogP contribution in [0.1, 0.15) is 22.3 Å². The van der Waals surface area contributed by atoms with Gasteiger partial charge in [-0.25, -0.2) is 0 Å². The molecule has 1 aliphatic carbocycles. The van der Waals surface area contributed by atoms with Gasteiger partial charge in [-0.15, -0.1) is 0 Å². The monoisotopic (exact) mass is 494 g/mol. The molecule has 0 saturated carbocycles. The predicted molar refractivity (Wildman–Crippen MR) is 164 cm³/mol. The van der Waals surface area contributed by atoms with Crippen molar-refractivity contribution in [1.29, 1.82) is 0 Å². The van der Waals surface area contributed by atoms with Gasteiger partial charge < -0.3 is 0 Å². The van der Waals surface area contributed by atoms with E-state index in [0.717, 1.165) is 0 Å². The second kappa shape index (κ2) is 8.55. The van der Waals surface area contributed by atoms with Crippen LogP contribution in [0.4, 0.5) is 0 Å². The Morgan fingerprint density at radius 3 is 1.54 bits per heavy atom. The molecule has 0 aromatic heterocycles. The summed E-state index contributed by atoms with van der Waals surface area (Å²) in [5.41, 5.74) is 10.1. The molecule has 7 aromatic rings. The second-order valence-electron chi connectivity index (χ2n) is 10.5. The molecule has 1 aliphatic rings. The van der Waals surface area contributed by atoms with E-state index in [9.17, 15) is 0 Å². The Morgan fingerprint density at radius 2 is 0.846 bits per heavy atom. The van der Waals surface area contributed by atoms with Gasteiger partial charge in [0.05, 0.1) is 5.41 Å². The molecular weight excluding hydrogens is 468 g/mol. The Kier molecular flexibility index (Phi) is 4.84. The molecule has 0 amide bonds.